The van der Waals surface area contributed by atoms with Gasteiger partial charge in [0.05, 0.1) is 5.39 Å². The first-order valence-corrected chi connectivity index (χ1v) is 8.20. The van der Waals surface area contributed by atoms with Crippen molar-refractivity contribution in [3.05, 3.63) is 0 Å². The normalized spacial score (nSPS) is 17.3. The molecule has 0 aromatic rings. The molecule has 0 spiro atoms. The van der Waals surface area contributed by atoms with Crippen LogP contribution in [0.15, 0.2) is 0 Å². The van der Waals surface area contributed by atoms with E-state index in [0.29, 0.717) is 0 Å². The van der Waals surface area contributed by atoms with E-state index < -0.39 is 5.39 Å². The predicted octanol–water partition coefficient (Wildman–Crippen LogP) is 2.63. The van der Waals surface area contributed by atoms with Gasteiger partial charge in [0.25, 0.3) is 0 Å². The van der Waals surface area contributed by atoms with Crippen molar-refractivity contribution in [2.45, 2.75) is 13.3 Å². The zero-order valence-electron chi connectivity index (χ0n) is 7.13. The smallest absolute Gasteiger partial charge is 0.0635 e. The molecule has 0 aromatic heterocycles. The molecule has 0 rings (SSSR count). The van der Waals surface area contributed by atoms with Gasteiger partial charge in [0.2, 0.25) is 0 Å². The Hall–Kier alpha value is 0.960. The highest BCUT2D eigenvalue weighted by Crippen LogP contribution is 2.56. The van der Waals surface area contributed by atoms with E-state index in [0.717, 1.165) is 0 Å². The monoisotopic (exact) mass is 197 g/mol. The molecule has 10 heavy (non-hydrogen) atoms. The van der Waals surface area contributed by atoms with Crippen molar-refractivity contribution < 1.29 is 0 Å². The van der Waals surface area contributed by atoms with Crippen LogP contribution in [0, 0.1) is 0 Å². The van der Waals surface area contributed by atoms with Crippen molar-refractivity contribution in [1.82, 2.24) is 4.67 Å². The van der Waals surface area contributed by atoms with Crippen molar-refractivity contribution in [3.63, 3.8) is 0 Å². The molecule has 1 nitrogen and oxygen atoms in total. The van der Waals surface area contributed by atoms with Crippen molar-refractivity contribution in [2.75, 3.05) is 26.5 Å². The van der Waals surface area contributed by atoms with Crippen LogP contribution in [0.2, 0.25) is 0 Å². The van der Waals surface area contributed by atoms with Gasteiger partial charge in [0.1, 0.15) is 0 Å². The molecule has 0 aliphatic carbocycles. The first-order valence-electron chi connectivity index (χ1n) is 3.40. The third-order valence-electron chi connectivity index (χ3n) is 1.26. The fourth-order valence-corrected chi connectivity index (χ4v) is 4.06. The Morgan fingerprint density at radius 3 is 2.30 bits per heavy atom. The lowest BCUT2D eigenvalue weighted by atomic mass is 10.6. The van der Waals surface area contributed by atoms with Crippen LogP contribution in [-0.4, -0.2) is 31.2 Å². The zero-order chi connectivity index (χ0) is 8.20. The van der Waals surface area contributed by atoms with Crippen LogP contribution in [0.5, 0.6) is 0 Å². The van der Waals surface area contributed by atoms with Gasteiger partial charge in [-0.15, -0.1) is 11.4 Å². The standard InChI is InChI=1S/C6H16NPS2/c1-5-6-10-8(4,9)7(2)3/h5-6H2,1-4H3. The molecule has 0 aliphatic rings. The number of nitrogens with zero attached hydrogens (tertiary/aromatic N) is 1. The lowest BCUT2D eigenvalue weighted by Crippen LogP contribution is -2.04. The van der Waals surface area contributed by atoms with E-state index in [2.05, 4.69) is 32.4 Å². The van der Waals surface area contributed by atoms with E-state index in [-0.39, 0.29) is 0 Å². The quantitative estimate of drug-likeness (QED) is 0.638. The van der Waals surface area contributed by atoms with Gasteiger partial charge >= 0.3 is 0 Å². The van der Waals surface area contributed by atoms with Gasteiger partial charge in [0.15, 0.2) is 0 Å². The Bertz CT molecular complexity index is 136. The van der Waals surface area contributed by atoms with Gasteiger partial charge in [0, 0.05) is 0 Å². The topological polar surface area (TPSA) is 3.24 Å². The summed E-state index contributed by atoms with van der Waals surface area (Å²) in [6.07, 6.45) is 1.23. The summed E-state index contributed by atoms with van der Waals surface area (Å²) in [5, 5.41) is -1.20. The highest BCUT2D eigenvalue weighted by Gasteiger charge is 2.11. The lowest BCUT2D eigenvalue weighted by molar-refractivity contribution is 0.689. The van der Waals surface area contributed by atoms with Gasteiger partial charge in [-0.25, -0.2) is 0 Å². The molecular weight excluding hydrogens is 181 g/mol. The molecule has 0 fully saturated rings. The minimum absolute atomic E-state index is 1.20. The van der Waals surface area contributed by atoms with Crippen molar-refractivity contribution in [3.8, 4) is 0 Å². The summed E-state index contributed by atoms with van der Waals surface area (Å²) in [7, 11) is 4.15. The second-order valence-electron chi connectivity index (χ2n) is 2.48. The minimum Gasteiger partial charge on any atom is -0.274 e. The SMILES string of the molecule is CCCSP(C)(=S)N(C)C. The molecule has 0 aliphatic heterocycles. The Balaban J connectivity index is 3.76. The number of rotatable bonds is 4. The van der Waals surface area contributed by atoms with Crippen LogP contribution in [0.3, 0.4) is 0 Å². The molecule has 0 amide bonds. The number of hydrogen-bond donors (Lipinski definition) is 0. The van der Waals surface area contributed by atoms with Crippen LogP contribution in [-0.2, 0) is 11.8 Å². The predicted molar refractivity (Wildman–Crippen MR) is 56.6 cm³/mol. The summed E-state index contributed by atoms with van der Waals surface area (Å²) in [6.45, 7) is 4.38. The van der Waals surface area contributed by atoms with Crippen LogP contribution in [0.4, 0.5) is 0 Å². The Morgan fingerprint density at radius 2 is 2.00 bits per heavy atom. The van der Waals surface area contributed by atoms with Crippen molar-refractivity contribution in [2.24, 2.45) is 0 Å². The third kappa shape index (κ3) is 3.97. The van der Waals surface area contributed by atoms with Crippen LogP contribution >= 0.6 is 16.8 Å². The van der Waals surface area contributed by atoms with Gasteiger partial charge in [-0.2, -0.15) is 0 Å². The maximum absolute atomic E-state index is 5.43. The van der Waals surface area contributed by atoms with Crippen molar-refractivity contribution in [1.29, 1.82) is 0 Å². The Morgan fingerprint density at radius 1 is 1.50 bits per heavy atom. The van der Waals surface area contributed by atoms with Gasteiger partial charge in [-0.3, -0.25) is 4.67 Å². The highest BCUT2D eigenvalue weighted by atomic mass is 32.9. The molecule has 0 aromatic carbocycles. The molecule has 0 saturated heterocycles. The fourth-order valence-electron chi connectivity index (χ4n) is 0.376. The first-order chi connectivity index (χ1) is 4.50. The summed E-state index contributed by atoms with van der Waals surface area (Å²) in [5.74, 6) is 1.20. The lowest BCUT2D eigenvalue weighted by Gasteiger charge is -2.23. The van der Waals surface area contributed by atoms with E-state index >= 15 is 0 Å². The molecule has 0 heterocycles. The van der Waals surface area contributed by atoms with Gasteiger partial charge < -0.3 is 0 Å². The molecule has 1 unspecified atom stereocenters. The molecule has 4 heteroatoms. The summed E-state index contributed by atoms with van der Waals surface area (Å²) < 4.78 is 2.18. The van der Waals surface area contributed by atoms with Gasteiger partial charge in [-0.05, 0) is 32.9 Å². The highest BCUT2D eigenvalue weighted by molar-refractivity contribution is 8.70. The molecular formula is C6H16NPS2. The van der Waals surface area contributed by atoms with Crippen LogP contribution in [0.25, 0.3) is 0 Å². The zero-order valence-corrected chi connectivity index (χ0v) is 9.65. The minimum atomic E-state index is -1.20. The second-order valence-corrected chi connectivity index (χ2v) is 11.3. The Labute approximate surface area is 73.4 Å². The average molecular weight is 197 g/mol. The van der Waals surface area contributed by atoms with Crippen LogP contribution < -0.4 is 0 Å². The van der Waals surface area contributed by atoms with Crippen LogP contribution in [0.1, 0.15) is 13.3 Å². The summed E-state index contributed by atoms with van der Waals surface area (Å²) >= 11 is 7.37. The maximum atomic E-state index is 5.43. The van der Waals surface area contributed by atoms with Gasteiger partial charge in [-0.1, -0.05) is 18.7 Å². The van der Waals surface area contributed by atoms with E-state index in [1.54, 1.807) is 0 Å². The van der Waals surface area contributed by atoms with E-state index in [1.807, 2.05) is 11.4 Å². The summed E-state index contributed by atoms with van der Waals surface area (Å²) in [5.41, 5.74) is 0. The summed E-state index contributed by atoms with van der Waals surface area (Å²) in [6, 6.07) is 0. The largest absolute Gasteiger partial charge is 0.274 e. The van der Waals surface area contributed by atoms with E-state index in [4.69, 9.17) is 11.8 Å². The second kappa shape index (κ2) is 4.76. The third-order valence-corrected chi connectivity index (χ3v) is 8.68. The van der Waals surface area contributed by atoms with E-state index in [9.17, 15) is 0 Å². The number of hydrogen-bond acceptors (Lipinski definition) is 2. The Kier molecular flexibility index (Phi) is 5.22. The molecule has 0 bridgehead atoms. The molecule has 0 saturated carbocycles. The fraction of sp³-hybridized carbons (Fsp3) is 1.00. The first kappa shape index (κ1) is 11.0. The summed E-state index contributed by atoms with van der Waals surface area (Å²) in [4.78, 5) is 0. The molecule has 0 N–H and O–H groups in total. The van der Waals surface area contributed by atoms with Crippen molar-refractivity contribution >= 4 is 28.6 Å². The average Bonchev–Trinajstić information content (AvgIpc) is 1.84. The molecule has 62 valence electrons. The van der Waals surface area contributed by atoms with E-state index in [1.165, 1.54) is 12.2 Å². The molecule has 1 atom stereocenters. The molecule has 0 radical (unpaired) electrons. The maximum Gasteiger partial charge on any atom is 0.0635 e.